The maximum Gasteiger partial charge on any atom is 0.269 e. The van der Waals surface area contributed by atoms with Crippen LogP contribution in [0.4, 0.5) is 11.4 Å². The highest BCUT2D eigenvalue weighted by Crippen LogP contribution is 2.42. The van der Waals surface area contributed by atoms with Gasteiger partial charge < -0.3 is 4.90 Å². The van der Waals surface area contributed by atoms with Crippen LogP contribution in [-0.4, -0.2) is 52.9 Å². The van der Waals surface area contributed by atoms with E-state index in [4.69, 9.17) is 0 Å². The second-order valence-electron chi connectivity index (χ2n) is 7.24. The summed E-state index contributed by atoms with van der Waals surface area (Å²) in [5, 5.41) is 22.2. The van der Waals surface area contributed by atoms with E-state index >= 15 is 0 Å². The zero-order valence-electron chi connectivity index (χ0n) is 15.8. The number of nitro benzene ring substituents is 2. The molecule has 1 saturated heterocycles. The molecule has 2 aromatic carbocycles. The molecule has 0 amide bonds. The van der Waals surface area contributed by atoms with Gasteiger partial charge in [0.2, 0.25) is 0 Å². The Kier molecular flexibility index (Phi) is 7.18. The Morgan fingerprint density at radius 3 is 2.10 bits per heavy atom. The van der Waals surface area contributed by atoms with Crippen molar-refractivity contribution in [2.75, 3.05) is 33.2 Å². The minimum atomic E-state index is -0.404. The first-order valence-electron chi connectivity index (χ1n) is 8.89. The van der Waals surface area contributed by atoms with E-state index in [1.165, 1.54) is 12.1 Å². The number of nitro groups is 2. The third kappa shape index (κ3) is 4.35. The first kappa shape index (κ1) is 23.0. The lowest BCUT2D eigenvalue weighted by Gasteiger charge is -2.46. The van der Waals surface area contributed by atoms with E-state index in [1.807, 2.05) is 6.07 Å². The Labute approximate surface area is 180 Å². The van der Waals surface area contributed by atoms with Crippen molar-refractivity contribution in [1.29, 1.82) is 0 Å². The minimum Gasteiger partial charge on any atom is -0.303 e. The van der Waals surface area contributed by atoms with E-state index in [9.17, 15) is 20.2 Å². The highest BCUT2D eigenvalue weighted by atomic mass is 35.5. The highest BCUT2D eigenvalue weighted by molar-refractivity contribution is 5.85. The molecule has 29 heavy (non-hydrogen) atoms. The van der Waals surface area contributed by atoms with Crippen LogP contribution in [0.3, 0.4) is 0 Å². The van der Waals surface area contributed by atoms with Gasteiger partial charge >= 0.3 is 0 Å². The maximum absolute atomic E-state index is 11.3. The third-order valence-electron chi connectivity index (χ3n) is 5.63. The Bertz CT molecular complexity index is 910. The van der Waals surface area contributed by atoms with Gasteiger partial charge in [-0.15, -0.1) is 24.8 Å². The number of hydrogen-bond acceptors (Lipinski definition) is 6. The van der Waals surface area contributed by atoms with E-state index in [0.29, 0.717) is 0 Å². The number of nitrogens with zero attached hydrogens (tertiary/aromatic N) is 4. The van der Waals surface area contributed by atoms with Crippen LogP contribution < -0.4 is 0 Å². The lowest BCUT2D eigenvalue weighted by molar-refractivity contribution is -0.385. The highest BCUT2D eigenvalue weighted by Gasteiger charge is 2.37. The van der Waals surface area contributed by atoms with E-state index in [-0.39, 0.29) is 53.1 Å². The Balaban J connectivity index is 0.00000150. The molecule has 0 aromatic heterocycles. The van der Waals surface area contributed by atoms with Crippen LogP contribution in [0.1, 0.15) is 28.7 Å². The van der Waals surface area contributed by atoms with Crippen LogP contribution in [0.2, 0.25) is 0 Å². The van der Waals surface area contributed by atoms with Gasteiger partial charge in [-0.2, -0.15) is 0 Å². The number of piperazine rings is 1. The van der Waals surface area contributed by atoms with E-state index < -0.39 is 4.92 Å². The van der Waals surface area contributed by atoms with Crippen molar-refractivity contribution in [1.82, 2.24) is 9.80 Å². The fourth-order valence-corrected chi connectivity index (χ4v) is 4.20. The van der Waals surface area contributed by atoms with Gasteiger partial charge in [0.15, 0.2) is 0 Å². The third-order valence-corrected chi connectivity index (χ3v) is 5.63. The molecule has 2 aromatic rings. The van der Waals surface area contributed by atoms with Gasteiger partial charge in [-0.25, -0.2) is 0 Å². The molecule has 156 valence electrons. The summed E-state index contributed by atoms with van der Waals surface area (Å²) < 4.78 is 0. The maximum atomic E-state index is 11.3. The van der Waals surface area contributed by atoms with Crippen LogP contribution >= 0.6 is 24.8 Å². The molecule has 0 unspecified atom stereocenters. The minimum absolute atomic E-state index is 0. The zero-order chi connectivity index (χ0) is 19.1. The normalized spacial score (nSPS) is 21.1. The summed E-state index contributed by atoms with van der Waals surface area (Å²) in [4.78, 5) is 26.1. The van der Waals surface area contributed by atoms with Crippen molar-refractivity contribution in [3.8, 4) is 0 Å². The van der Waals surface area contributed by atoms with Crippen molar-refractivity contribution in [2.24, 2.45) is 0 Å². The molecular formula is C19H22Cl2N4O4. The van der Waals surface area contributed by atoms with Crippen LogP contribution in [0.25, 0.3) is 0 Å². The largest absolute Gasteiger partial charge is 0.303 e. The molecule has 2 atom stereocenters. The van der Waals surface area contributed by atoms with Gasteiger partial charge in [-0.1, -0.05) is 18.2 Å². The standard InChI is InChI=1S/C19H20N4O4.2ClH/c1-20-8-9-21-11-18(13-2-4-14(5-3-13)22(24)25)16-7-6-15(23(26)27)10-17(16)19(21)12-20;;/h2-7,10,18-19H,8-9,11-12H2,1H3;2*1H/t18-,19-;;/m0../s1. The summed E-state index contributed by atoms with van der Waals surface area (Å²) in [7, 11) is 2.07. The average molecular weight is 441 g/mol. The van der Waals surface area contributed by atoms with Gasteiger partial charge in [-0.3, -0.25) is 25.1 Å². The number of rotatable bonds is 3. The first-order valence-corrected chi connectivity index (χ1v) is 8.89. The number of fused-ring (bicyclic) bond motifs is 3. The van der Waals surface area contributed by atoms with Crippen molar-refractivity contribution in [3.05, 3.63) is 79.4 Å². The summed E-state index contributed by atoms with van der Waals surface area (Å²) in [5.74, 6) is 0.0428. The molecule has 0 bridgehead atoms. The summed E-state index contributed by atoms with van der Waals surface area (Å²) >= 11 is 0. The Morgan fingerprint density at radius 2 is 1.48 bits per heavy atom. The number of halogens is 2. The predicted octanol–water partition coefficient (Wildman–Crippen LogP) is 3.78. The molecule has 0 saturated carbocycles. The molecule has 2 aliphatic heterocycles. The molecule has 0 radical (unpaired) electrons. The summed E-state index contributed by atoms with van der Waals surface area (Å²) in [6.07, 6.45) is 0. The summed E-state index contributed by atoms with van der Waals surface area (Å²) in [6, 6.07) is 11.9. The van der Waals surface area contributed by atoms with Gasteiger partial charge in [-0.05, 0) is 23.7 Å². The van der Waals surface area contributed by atoms with E-state index in [2.05, 4.69) is 16.8 Å². The SMILES string of the molecule is CN1CCN2C[C@@H](c3ccc([N+](=O)[O-])cc3)c3ccc([N+](=O)[O-])cc3[C@@H]2C1.Cl.Cl. The monoisotopic (exact) mass is 440 g/mol. The van der Waals surface area contributed by atoms with Crippen molar-refractivity contribution in [2.45, 2.75) is 12.0 Å². The molecule has 0 aliphatic carbocycles. The number of hydrogen-bond donors (Lipinski definition) is 0. The molecule has 1 fully saturated rings. The Morgan fingerprint density at radius 1 is 0.862 bits per heavy atom. The molecule has 10 heteroatoms. The van der Waals surface area contributed by atoms with Crippen molar-refractivity contribution >= 4 is 36.2 Å². The fraction of sp³-hybridized carbons (Fsp3) is 0.368. The molecule has 0 N–H and O–H groups in total. The van der Waals surface area contributed by atoms with Crippen LogP contribution in [-0.2, 0) is 0 Å². The molecule has 4 rings (SSSR count). The summed E-state index contributed by atoms with van der Waals surface area (Å²) in [6.45, 7) is 3.49. The van der Waals surface area contributed by atoms with Crippen molar-refractivity contribution in [3.63, 3.8) is 0 Å². The number of benzene rings is 2. The molecule has 0 spiro atoms. The van der Waals surface area contributed by atoms with Crippen LogP contribution in [0, 0.1) is 20.2 Å². The number of likely N-dealkylation sites (N-methyl/N-ethyl adjacent to an activating group) is 1. The first-order chi connectivity index (χ1) is 12.9. The average Bonchev–Trinajstić information content (AvgIpc) is 2.67. The van der Waals surface area contributed by atoms with Gasteiger partial charge in [0, 0.05) is 62.4 Å². The molecule has 2 aliphatic rings. The predicted molar refractivity (Wildman–Crippen MR) is 114 cm³/mol. The van der Waals surface area contributed by atoms with Crippen molar-refractivity contribution < 1.29 is 9.85 Å². The topological polar surface area (TPSA) is 92.8 Å². The lowest BCUT2D eigenvalue weighted by Crippen LogP contribution is -2.50. The van der Waals surface area contributed by atoms with Gasteiger partial charge in [0.05, 0.1) is 9.85 Å². The molecule has 8 nitrogen and oxygen atoms in total. The molecule has 2 heterocycles. The van der Waals surface area contributed by atoms with Gasteiger partial charge in [0.25, 0.3) is 11.4 Å². The van der Waals surface area contributed by atoms with Crippen LogP contribution in [0.5, 0.6) is 0 Å². The zero-order valence-corrected chi connectivity index (χ0v) is 17.4. The fourth-order valence-electron chi connectivity index (χ4n) is 4.20. The smallest absolute Gasteiger partial charge is 0.269 e. The number of non-ortho nitro benzene ring substituents is 2. The van der Waals surface area contributed by atoms with Gasteiger partial charge in [0.1, 0.15) is 0 Å². The van der Waals surface area contributed by atoms with E-state index in [0.717, 1.165) is 42.9 Å². The van der Waals surface area contributed by atoms with Crippen LogP contribution in [0.15, 0.2) is 42.5 Å². The second-order valence-corrected chi connectivity index (χ2v) is 7.24. The second kappa shape index (κ2) is 9.04. The van der Waals surface area contributed by atoms with E-state index in [1.54, 1.807) is 24.3 Å². The summed E-state index contributed by atoms with van der Waals surface area (Å²) in [5.41, 5.74) is 3.23. The lowest BCUT2D eigenvalue weighted by atomic mass is 9.80. The molecular weight excluding hydrogens is 419 g/mol. The Hall–Kier alpha value is -2.26. The quantitative estimate of drug-likeness (QED) is 0.532.